The Labute approximate surface area is 270 Å². The molecule has 2 heterocycles. The summed E-state index contributed by atoms with van der Waals surface area (Å²) in [5, 5.41) is 12.0. The lowest BCUT2D eigenvalue weighted by atomic mass is 9.66. The Kier molecular flexibility index (Phi) is 5.65. The highest BCUT2D eigenvalue weighted by Gasteiger charge is 2.50. The van der Waals surface area contributed by atoms with Crippen molar-refractivity contribution < 1.29 is 0 Å². The zero-order valence-corrected chi connectivity index (χ0v) is 27.1. The van der Waals surface area contributed by atoms with Gasteiger partial charge in [-0.1, -0.05) is 87.5 Å². The number of rotatable bonds is 2. The molecule has 9 rings (SSSR count). The molecule has 0 spiro atoms. The van der Waals surface area contributed by atoms with Crippen LogP contribution in [0.2, 0.25) is 0 Å². The zero-order chi connectivity index (χ0) is 30.7. The maximum absolute atomic E-state index is 10.3. The first-order valence-electron chi connectivity index (χ1n) is 16.3. The molecule has 45 heavy (non-hydrogen) atoms. The van der Waals surface area contributed by atoms with Crippen molar-refractivity contribution in [2.24, 2.45) is 5.92 Å². The molecule has 2 unspecified atom stereocenters. The summed E-state index contributed by atoms with van der Waals surface area (Å²) in [6.07, 6.45) is 16.9. The third-order valence-corrected chi connectivity index (χ3v) is 12.8. The number of aromatic nitrogens is 1. The van der Waals surface area contributed by atoms with Crippen LogP contribution in [-0.2, 0) is 17.3 Å². The molecular weight excluding hydrogens is 565 g/mol. The van der Waals surface area contributed by atoms with E-state index in [4.69, 9.17) is 0 Å². The van der Waals surface area contributed by atoms with Gasteiger partial charge in [-0.2, -0.15) is 5.26 Å². The van der Waals surface area contributed by atoms with Gasteiger partial charge in [0.05, 0.1) is 11.6 Å². The summed E-state index contributed by atoms with van der Waals surface area (Å²) in [4.78, 5) is 1.39. The first-order valence-corrected chi connectivity index (χ1v) is 17.2. The predicted molar refractivity (Wildman–Crippen MR) is 188 cm³/mol. The van der Waals surface area contributed by atoms with Crippen molar-refractivity contribution >= 4 is 34.4 Å². The summed E-state index contributed by atoms with van der Waals surface area (Å²) in [6, 6.07) is 25.5. The number of aryl methyl sites for hydroxylation is 1. The number of hydrogen-bond donors (Lipinski definition) is 0. The molecule has 1 aromatic heterocycles. The van der Waals surface area contributed by atoms with E-state index in [1.54, 1.807) is 0 Å². The van der Waals surface area contributed by atoms with Crippen molar-refractivity contribution in [1.29, 1.82) is 5.26 Å². The molecule has 0 saturated carbocycles. The second-order valence-corrected chi connectivity index (χ2v) is 15.3. The van der Waals surface area contributed by atoms with Crippen LogP contribution in [-0.4, -0.2) is 9.82 Å². The van der Waals surface area contributed by atoms with Crippen LogP contribution in [0, 0.1) is 17.2 Å². The van der Waals surface area contributed by atoms with Crippen LogP contribution in [0.25, 0.3) is 33.8 Å². The number of thioether (sulfide) groups is 1. The van der Waals surface area contributed by atoms with Gasteiger partial charge in [-0.05, 0) is 107 Å². The summed E-state index contributed by atoms with van der Waals surface area (Å²) in [7, 11) is 0. The maximum Gasteiger partial charge on any atom is 0.0950 e. The van der Waals surface area contributed by atoms with Gasteiger partial charge in [-0.25, -0.2) is 0 Å². The Morgan fingerprint density at radius 1 is 0.956 bits per heavy atom. The molecule has 4 aliphatic carbocycles. The van der Waals surface area contributed by atoms with Crippen molar-refractivity contribution in [3.8, 4) is 17.2 Å². The number of benzene rings is 3. The molecule has 0 saturated heterocycles. The van der Waals surface area contributed by atoms with Crippen LogP contribution in [0.1, 0.15) is 68.5 Å². The fraction of sp³-hybridized carbons (Fsp3) is 0.262. The third-order valence-electron chi connectivity index (χ3n) is 11.4. The van der Waals surface area contributed by atoms with Gasteiger partial charge in [0.25, 0.3) is 0 Å². The number of nitrogens with zero attached hydrogens (tertiary/aromatic N) is 2. The second kappa shape index (κ2) is 9.38. The summed E-state index contributed by atoms with van der Waals surface area (Å²) < 4.78 is 2.54. The highest BCUT2D eigenvalue weighted by atomic mass is 32.2. The molecule has 0 bridgehead atoms. The van der Waals surface area contributed by atoms with Gasteiger partial charge in [-0.3, -0.25) is 0 Å². The Morgan fingerprint density at radius 2 is 1.78 bits per heavy atom. The second-order valence-electron chi connectivity index (χ2n) is 14.1. The molecule has 4 aromatic rings. The molecule has 0 N–H and O–H groups in total. The van der Waals surface area contributed by atoms with E-state index in [1.807, 2.05) is 11.8 Å². The quantitative estimate of drug-likeness (QED) is 0.229. The van der Waals surface area contributed by atoms with Gasteiger partial charge in [-0.15, -0.1) is 11.8 Å². The predicted octanol–water partition coefficient (Wildman–Crippen LogP) is 10.5. The van der Waals surface area contributed by atoms with Crippen LogP contribution in [0.4, 0.5) is 0 Å². The highest BCUT2D eigenvalue weighted by molar-refractivity contribution is 8.00. The topological polar surface area (TPSA) is 28.7 Å². The smallest absolute Gasteiger partial charge is 0.0950 e. The monoisotopic (exact) mass is 600 g/mol. The van der Waals surface area contributed by atoms with Crippen LogP contribution in [0.15, 0.2) is 113 Å². The molecule has 3 heteroatoms. The fourth-order valence-electron chi connectivity index (χ4n) is 8.92. The highest BCUT2D eigenvalue weighted by Crippen LogP contribution is 2.61. The van der Waals surface area contributed by atoms with Gasteiger partial charge in [0, 0.05) is 43.3 Å². The normalized spacial score (nSPS) is 25.2. The third kappa shape index (κ3) is 3.52. The van der Waals surface area contributed by atoms with Crippen molar-refractivity contribution in [3.05, 3.63) is 136 Å². The number of hydrogen-bond acceptors (Lipinski definition) is 2. The molecule has 3 atom stereocenters. The molecule has 3 aromatic carbocycles. The van der Waals surface area contributed by atoms with Crippen LogP contribution in [0.3, 0.4) is 0 Å². The van der Waals surface area contributed by atoms with E-state index >= 15 is 0 Å². The minimum absolute atomic E-state index is 0.0214. The summed E-state index contributed by atoms with van der Waals surface area (Å²) >= 11 is 2.01. The minimum atomic E-state index is -0.234. The molecule has 0 fully saturated rings. The number of allylic oxidation sites excluding steroid dienone is 8. The Bertz CT molecular complexity index is 2190. The fourth-order valence-corrected chi connectivity index (χ4v) is 10.4. The van der Waals surface area contributed by atoms with Gasteiger partial charge in [0.15, 0.2) is 0 Å². The lowest BCUT2D eigenvalue weighted by Crippen LogP contribution is -2.35. The maximum atomic E-state index is 10.3. The van der Waals surface area contributed by atoms with Crippen molar-refractivity contribution in [3.63, 3.8) is 0 Å². The van der Waals surface area contributed by atoms with Crippen LogP contribution in [0.5, 0.6) is 0 Å². The molecular formula is C42H36N2S. The van der Waals surface area contributed by atoms with Crippen LogP contribution >= 0.6 is 11.8 Å². The van der Waals surface area contributed by atoms with Crippen molar-refractivity contribution in [1.82, 2.24) is 4.57 Å². The van der Waals surface area contributed by atoms with Gasteiger partial charge in [0.2, 0.25) is 0 Å². The SMILES string of the molecule is CC1CC(n2c3c(c4ccccc42)CCC=C3)=C(C2=CC=CC3Sc4cc5c(cc4[C@@]23C)-c2ccccc2C5(C)C)C=C1C#N. The van der Waals surface area contributed by atoms with Crippen molar-refractivity contribution in [2.45, 2.75) is 67.9 Å². The molecule has 2 nitrogen and oxygen atoms in total. The largest absolute Gasteiger partial charge is 0.313 e. The van der Waals surface area contributed by atoms with Crippen molar-refractivity contribution in [2.75, 3.05) is 0 Å². The van der Waals surface area contributed by atoms with Crippen LogP contribution < -0.4 is 0 Å². The molecule has 1 aliphatic heterocycles. The number of fused-ring (bicyclic) bond motifs is 9. The first kappa shape index (κ1) is 27.1. The lowest BCUT2D eigenvalue weighted by molar-refractivity contribution is 0.581. The molecule has 5 aliphatic rings. The number of para-hydroxylation sites is 1. The van der Waals surface area contributed by atoms with Gasteiger partial charge >= 0.3 is 0 Å². The Balaban J connectivity index is 1.31. The zero-order valence-electron chi connectivity index (χ0n) is 26.3. The number of nitriles is 1. The lowest BCUT2D eigenvalue weighted by Gasteiger charge is -2.38. The Hall–Kier alpha value is -4.26. The first-order chi connectivity index (χ1) is 21.8. The van der Waals surface area contributed by atoms with Gasteiger partial charge < -0.3 is 4.57 Å². The van der Waals surface area contributed by atoms with E-state index in [0.29, 0.717) is 0 Å². The summed E-state index contributed by atoms with van der Waals surface area (Å²) in [5.74, 6) is 0.161. The van der Waals surface area contributed by atoms with E-state index in [2.05, 4.69) is 135 Å². The summed E-state index contributed by atoms with van der Waals surface area (Å²) in [6.45, 7) is 9.40. The van der Waals surface area contributed by atoms with E-state index in [0.717, 1.165) is 24.8 Å². The average Bonchev–Trinajstić information content (AvgIpc) is 3.63. The molecule has 220 valence electrons. The Morgan fingerprint density at radius 3 is 2.64 bits per heavy atom. The van der Waals surface area contributed by atoms with E-state index in [9.17, 15) is 5.26 Å². The standard InChI is InChI=1S/C42H36N2S/c1-25-20-38(44-36-17-9-6-13-28(36)29-14-7-10-18-37(29)44)31(21-26(25)24-43)33-16-11-19-40-42(33,4)35-22-30-27-12-5-8-15-32(27)41(2,3)34(30)23-39(35)45-40/h5-6,8-13,15-19,21-23,25,40H,7,14,20H2,1-4H3/t25?,40?,42-/m1/s1. The summed E-state index contributed by atoms with van der Waals surface area (Å²) in [5.41, 5.74) is 15.5. The molecule has 0 radical (unpaired) electrons. The van der Waals surface area contributed by atoms with E-state index in [1.165, 1.54) is 71.7 Å². The van der Waals surface area contributed by atoms with E-state index in [-0.39, 0.29) is 22.0 Å². The minimum Gasteiger partial charge on any atom is -0.313 e. The average molecular weight is 601 g/mol. The molecule has 0 amide bonds. The van der Waals surface area contributed by atoms with Gasteiger partial charge in [0.1, 0.15) is 0 Å². The van der Waals surface area contributed by atoms with E-state index < -0.39 is 0 Å².